The van der Waals surface area contributed by atoms with Gasteiger partial charge in [0.05, 0.1) is 10.9 Å². The number of hydrogen-bond acceptors (Lipinski definition) is 2. The van der Waals surface area contributed by atoms with E-state index in [1.54, 1.807) is 36.4 Å². The molecule has 0 fully saturated rings. The first-order valence-electron chi connectivity index (χ1n) is 5.65. The van der Waals surface area contributed by atoms with Crippen molar-refractivity contribution in [2.75, 3.05) is 0 Å². The number of rotatable bonds is 1. The molecular formula is C15H8ClFO2. The molecule has 0 aliphatic heterocycles. The first-order chi connectivity index (χ1) is 9.18. The van der Waals surface area contributed by atoms with Crippen molar-refractivity contribution in [3.8, 4) is 11.3 Å². The summed E-state index contributed by atoms with van der Waals surface area (Å²) in [5.74, 6) is -0.425. The molecule has 3 aromatic rings. The van der Waals surface area contributed by atoms with Gasteiger partial charge in [0.25, 0.3) is 0 Å². The maximum absolute atomic E-state index is 13.8. The number of fused-ring (bicyclic) bond motifs is 1. The van der Waals surface area contributed by atoms with Crippen LogP contribution in [0.15, 0.2) is 57.7 Å². The lowest BCUT2D eigenvalue weighted by Gasteiger charge is -2.06. The largest absolute Gasteiger partial charge is 0.454 e. The second kappa shape index (κ2) is 4.52. The monoisotopic (exact) mass is 274 g/mol. The predicted molar refractivity (Wildman–Crippen MR) is 72.9 cm³/mol. The van der Waals surface area contributed by atoms with Crippen molar-refractivity contribution in [2.24, 2.45) is 0 Å². The molecule has 94 valence electrons. The summed E-state index contributed by atoms with van der Waals surface area (Å²) in [6, 6.07) is 12.8. The van der Waals surface area contributed by atoms with E-state index in [4.69, 9.17) is 16.0 Å². The molecule has 4 heteroatoms. The quantitative estimate of drug-likeness (QED) is 0.664. The van der Waals surface area contributed by atoms with E-state index < -0.39 is 5.82 Å². The van der Waals surface area contributed by atoms with E-state index in [0.29, 0.717) is 11.0 Å². The molecule has 0 aliphatic rings. The number of hydrogen-bond donors (Lipinski definition) is 0. The average Bonchev–Trinajstić information content (AvgIpc) is 2.44. The van der Waals surface area contributed by atoms with Gasteiger partial charge in [-0.25, -0.2) is 4.39 Å². The van der Waals surface area contributed by atoms with Crippen LogP contribution in [0, 0.1) is 5.82 Å². The van der Waals surface area contributed by atoms with E-state index in [0.717, 1.165) is 0 Å². The Hall–Kier alpha value is -2.13. The summed E-state index contributed by atoms with van der Waals surface area (Å²) in [7, 11) is 0. The zero-order valence-corrected chi connectivity index (χ0v) is 10.4. The predicted octanol–water partition coefficient (Wildman–Crippen LogP) is 4.25. The smallest absolute Gasteiger partial charge is 0.211 e. The third-order valence-corrected chi connectivity index (χ3v) is 3.20. The SMILES string of the molecule is O=c1c(Cl)c(-c2ccccc2F)oc2ccccc12. The highest BCUT2D eigenvalue weighted by molar-refractivity contribution is 6.33. The maximum atomic E-state index is 13.8. The normalized spacial score (nSPS) is 10.8. The zero-order valence-electron chi connectivity index (χ0n) is 9.69. The van der Waals surface area contributed by atoms with Crippen molar-refractivity contribution in [2.45, 2.75) is 0 Å². The summed E-state index contributed by atoms with van der Waals surface area (Å²) >= 11 is 6.01. The Morgan fingerprint density at radius 3 is 2.47 bits per heavy atom. The fourth-order valence-corrected chi connectivity index (χ4v) is 2.18. The minimum absolute atomic E-state index is 0.0588. The molecule has 0 amide bonds. The van der Waals surface area contributed by atoms with E-state index in [-0.39, 0.29) is 21.8 Å². The summed E-state index contributed by atoms with van der Waals surface area (Å²) in [5.41, 5.74) is 0.201. The fraction of sp³-hybridized carbons (Fsp3) is 0. The fourth-order valence-electron chi connectivity index (χ4n) is 1.94. The Morgan fingerprint density at radius 1 is 1.00 bits per heavy atom. The van der Waals surface area contributed by atoms with Crippen LogP contribution in [0.2, 0.25) is 5.02 Å². The first-order valence-corrected chi connectivity index (χ1v) is 6.02. The Labute approximate surface area is 113 Å². The summed E-state index contributed by atoms with van der Waals surface area (Å²) in [6.45, 7) is 0. The molecule has 3 rings (SSSR count). The van der Waals surface area contributed by atoms with Gasteiger partial charge in [-0.2, -0.15) is 0 Å². The third kappa shape index (κ3) is 1.92. The van der Waals surface area contributed by atoms with Crippen molar-refractivity contribution in [1.29, 1.82) is 0 Å². The van der Waals surface area contributed by atoms with Gasteiger partial charge < -0.3 is 4.42 Å². The van der Waals surface area contributed by atoms with Crippen molar-refractivity contribution in [3.63, 3.8) is 0 Å². The zero-order chi connectivity index (χ0) is 13.4. The Morgan fingerprint density at radius 2 is 1.68 bits per heavy atom. The lowest BCUT2D eigenvalue weighted by atomic mass is 10.1. The molecule has 0 unspecified atom stereocenters. The van der Waals surface area contributed by atoms with E-state index in [1.807, 2.05) is 0 Å². The summed E-state index contributed by atoms with van der Waals surface area (Å²) in [6.07, 6.45) is 0. The van der Waals surface area contributed by atoms with E-state index in [9.17, 15) is 9.18 Å². The molecule has 0 spiro atoms. The van der Waals surface area contributed by atoms with Crippen LogP contribution in [-0.2, 0) is 0 Å². The molecular weight excluding hydrogens is 267 g/mol. The van der Waals surface area contributed by atoms with Crippen LogP contribution in [0.5, 0.6) is 0 Å². The molecule has 1 heterocycles. The van der Waals surface area contributed by atoms with Crippen LogP contribution in [-0.4, -0.2) is 0 Å². The molecule has 0 radical (unpaired) electrons. The number of para-hydroxylation sites is 1. The number of halogens is 2. The van der Waals surface area contributed by atoms with Crippen molar-refractivity contribution in [3.05, 3.63) is 69.6 Å². The van der Waals surface area contributed by atoms with Gasteiger partial charge in [0.2, 0.25) is 5.43 Å². The van der Waals surface area contributed by atoms with E-state index in [1.165, 1.54) is 12.1 Å². The highest BCUT2D eigenvalue weighted by atomic mass is 35.5. The second-order valence-electron chi connectivity index (χ2n) is 4.05. The third-order valence-electron chi connectivity index (χ3n) is 2.86. The minimum Gasteiger partial charge on any atom is -0.454 e. The molecule has 2 aromatic carbocycles. The van der Waals surface area contributed by atoms with Gasteiger partial charge in [0, 0.05) is 0 Å². The van der Waals surface area contributed by atoms with Crippen molar-refractivity contribution >= 4 is 22.6 Å². The molecule has 2 nitrogen and oxygen atoms in total. The van der Waals surface area contributed by atoms with Crippen LogP contribution in [0.1, 0.15) is 0 Å². The van der Waals surface area contributed by atoms with Gasteiger partial charge in [-0.05, 0) is 24.3 Å². The first kappa shape index (κ1) is 11.9. The van der Waals surface area contributed by atoms with Gasteiger partial charge in [-0.1, -0.05) is 35.9 Å². The molecule has 0 bridgehead atoms. The lowest BCUT2D eigenvalue weighted by Crippen LogP contribution is -2.04. The van der Waals surface area contributed by atoms with Crippen molar-refractivity contribution < 1.29 is 8.81 Å². The Balaban J connectivity index is 2.40. The Bertz CT molecular complexity index is 824. The molecule has 1 aromatic heterocycles. The van der Waals surface area contributed by atoms with Crippen LogP contribution in [0.25, 0.3) is 22.3 Å². The van der Waals surface area contributed by atoms with Gasteiger partial charge in [0.15, 0.2) is 5.76 Å². The van der Waals surface area contributed by atoms with Gasteiger partial charge in [0.1, 0.15) is 16.4 Å². The summed E-state index contributed by atoms with van der Waals surface area (Å²) in [5, 5.41) is 0.274. The minimum atomic E-state index is -0.483. The standard InChI is InChI=1S/C15H8ClFO2/c16-13-14(18)10-6-2-4-8-12(10)19-15(13)9-5-1-3-7-11(9)17/h1-8H. The maximum Gasteiger partial charge on any atom is 0.211 e. The van der Waals surface area contributed by atoms with E-state index in [2.05, 4.69) is 0 Å². The average molecular weight is 275 g/mol. The van der Waals surface area contributed by atoms with Crippen LogP contribution in [0.3, 0.4) is 0 Å². The molecule has 0 saturated heterocycles. The molecule has 0 saturated carbocycles. The molecule has 0 aliphatic carbocycles. The molecule has 0 N–H and O–H groups in total. The van der Waals surface area contributed by atoms with E-state index >= 15 is 0 Å². The summed E-state index contributed by atoms with van der Waals surface area (Å²) in [4.78, 5) is 12.1. The van der Waals surface area contributed by atoms with Crippen molar-refractivity contribution in [1.82, 2.24) is 0 Å². The Kier molecular flexibility index (Phi) is 2.84. The van der Waals surface area contributed by atoms with Gasteiger partial charge in [-0.15, -0.1) is 0 Å². The van der Waals surface area contributed by atoms with Crippen LogP contribution < -0.4 is 5.43 Å². The van der Waals surface area contributed by atoms with Gasteiger partial charge >= 0.3 is 0 Å². The van der Waals surface area contributed by atoms with Crippen LogP contribution in [0.4, 0.5) is 4.39 Å². The molecule has 0 atom stereocenters. The highest BCUT2D eigenvalue weighted by Gasteiger charge is 2.16. The topological polar surface area (TPSA) is 30.2 Å². The summed E-state index contributed by atoms with van der Waals surface area (Å²) < 4.78 is 19.3. The second-order valence-corrected chi connectivity index (χ2v) is 4.43. The lowest BCUT2D eigenvalue weighted by molar-refractivity contribution is 0.594. The molecule has 19 heavy (non-hydrogen) atoms. The van der Waals surface area contributed by atoms with Gasteiger partial charge in [-0.3, -0.25) is 4.79 Å². The number of benzene rings is 2. The highest BCUT2D eigenvalue weighted by Crippen LogP contribution is 2.30. The van der Waals surface area contributed by atoms with Crippen LogP contribution >= 0.6 is 11.6 Å².